The maximum absolute atomic E-state index is 12.3. The highest BCUT2D eigenvalue weighted by Gasteiger charge is 2.20. The number of hydrogen-bond donors (Lipinski definition) is 5. The number of carbonyl (C=O) groups is 1. The standard InChI is InChI=1S/C23H27N7O2/c1-13(14(2)24)21(25)23(32)28-17-8-16-9-19(29-22(16)27-11-17)15-5-6-26-20(10-15)30-7-3-4-18(31)12-30/h5-6,8-11,13,18,24-25,31H,3-4,7,12H2,1-2H3,(H,27,29)(H,28,32). The van der Waals surface area contributed by atoms with E-state index in [4.69, 9.17) is 10.8 Å². The van der Waals surface area contributed by atoms with E-state index in [0.29, 0.717) is 17.9 Å². The molecule has 1 aliphatic heterocycles. The van der Waals surface area contributed by atoms with E-state index in [0.717, 1.165) is 41.8 Å². The van der Waals surface area contributed by atoms with Crippen molar-refractivity contribution in [3.63, 3.8) is 0 Å². The summed E-state index contributed by atoms with van der Waals surface area (Å²) in [5.41, 5.74) is 3.12. The number of hydrogen-bond acceptors (Lipinski definition) is 7. The molecule has 1 fully saturated rings. The van der Waals surface area contributed by atoms with Crippen LogP contribution in [0.3, 0.4) is 0 Å². The van der Waals surface area contributed by atoms with Gasteiger partial charge in [0.05, 0.1) is 18.0 Å². The molecular formula is C23H27N7O2. The van der Waals surface area contributed by atoms with E-state index in [9.17, 15) is 9.90 Å². The fourth-order valence-corrected chi connectivity index (χ4v) is 3.77. The zero-order valence-electron chi connectivity index (χ0n) is 18.1. The molecule has 1 saturated heterocycles. The fraction of sp³-hybridized carbons (Fsp3) is 0.348. The van der Waals surface area contributed by atoms with Gasteiger partial charge in [-0.05, 0) is 44.0 Å². The van der Waals surface area contributed by atoms with Gasteiger partial charge in [0.25, 0.3) is 5.91 Å². The molecule has 4 heterocycles. The van der Waals surface area contributed by atoms with Crippen LogP contribution in [-0.2, 0) is 4.79 Å². The minimum Gasteiger partial charge on any atom is -0.391 e. The first-order chi connectivity index (χ1) is 15.3. The number of amides is 1. The number of carbonyl (C=O) groups excluding carboxylic acids is 1. The summed E-state index contributed by atoms with van der Waals surface area (Å²) < 4.78 is 0. The van der Waals surface area contributed by atoms with E-state index in [2.05, 4.69) is 25.2 Å². The number of nitrogens with one attached hydrogen (secondary N) is 4. The summed E-state index contributed by atoms with van der Waals surface area (Å²) in [6.45, 7) is 4.70. The van der Waals surface area contributed by atoms with Crippen molar-refractivity contribution >= 4 is 39.9 Å². The van der Waals surface area contributed by atoms with Crippen molar-refractivity contribution in [1.82, 2.24) is 15.0 Å². The number of H-pyrrole nitrogens is 1. The van der Waals surface area contributed by atoms with Crippen LogP contribution in [0.4, 0.5) is 11.5 Å². The molecule has 5 N–H and O–H groups in total. The minimum absolute atomic E-state index is 0.153. The summed E-state index contributed by atoms with van der Waals surface area (Å²) >= 11 is 0. The van der Waals surface area contributed by atoms with Crippen molar-refractivity contribution in [2.45, 2.75) is 32.8 Å². The molecule has 1 amide bonds. The molecule has 2 unspecified atom stereocenters. The molecule has 0 aliphatic carbocycles. The lowest BCUT2D eigenvalue weighted by molar-refractivity contribution is -0.110. The largest absolute Gasteiger partial charge is 0.391 e. The molecular weight excluding hydrogens is 406 g/mol. The monoisotopic (exact) mass is 433 g/mol. The Morgan fingerprint density at radius 2 is 2.12 bits per heavy atom. The third kappa shape index (κ3) is 4.52. The molecule has 3 aromatic heterocycles. The molecule has 0 saturated carbocycles. The van der Waals surface area contributed by atoms with E-state index in [1.54, 1.807) is 32.3 Å². The molecule has 0 aromatic carbocycles. The Balaban J connectivity index is 1.55. The first kappa shape index (κ1) is 21.6. The van der Waals surface area contributed by atoms with Gasteiger partial charge < -0.3 is 25.7 Å². The molecule has 4 rings (SSSR count). The summed E-state index contributed by atoms with van der Waals surface area (Å²) in [6, 6.07) is 7.67. The zero-order chi connectivity index (χ0) is 22.8. The van der Waals surface area contributed by atoms with Crippen LogP contribution in [-0.4, -0.2) is 56.6 Å². The lowest BCUT2D eigenvalue weighted by Crippen LogP contribution is -2.38. The van der Waals surface area contributed by atoms with E-state index in [1.807, 2.05) is 18.2 Å². The Labute approximate surface area is 185 Å². The Bertz CT molecular complexity index is 1190. The second-order valence-electron chi connectivity index (χ2n) is 8.26. The number of aliphatic hydroxyl groups excluding tert-OH is 1. The third-order valence-electron chi connectivity index (χ3n) is 5.83. The summed E-state index contributed by atoms with van der Waals surface area (Å²) in [5.74, 6) is -0.245. The van der Waals surface area contributed by atoms with Crippen molar-refractivity contribution in [3.05, 3.63) is 36.7 Å². The van der Waals surface area contributed by atoms with Crippen molar-refractivity contribution in [3.8, 4) is 11.3 Å². The Hall–Kier alpha value is -3.59. The van der Waals surface area contributed by atoms with Gasteiger partial charge in [-0.2, -0.15) is 0 Å². The predicted octanol–water partition coefficient (Wildman–Crippen LogP) is 3.22. The molecule has 32 heavy (non-hydrogen) atoms. The number of rotatable bonds is 6. The first-order valence-electron chi connectivity index (χ1n) is 10.6. The van der Waals surface area contributed by atoms with Crippen LogP contribution in [0.5, 0.6) is 0 Å². The van der Waals surface area contributed by atoms with Crippen LogP contribution in [0.2, 0.25) is 0 Å². The molecule has 1 aliphatic rings. The highest BCUT2D eigenvalue weighted by atomic mass is 16.3. The van der Waals surface area contributed by atoms with E-state index in [-0.39, 0.29) is 17.5 Å². The highest BCUT2D eigenvalue weighted by molar-refractivity contribution is 6.45. The Kier molecular flexibility index (Phi) is 6.00. The molecule has 0 radical (unpaired) electrons. The van der Waals surface area contributed by atoms with E-state index in [1.165, 1.54) is 0 Å². The van der Waals surface area contributed by atoms with Gasteiger partial charge in [-0.1, -0.05) is 6.92 Å². The SMILES string of the molecule is CC(=N)C(C)C(=N)C(=O)Nc1cnc2[nH]c(-c3ccnc(N4CCCC(O)C4)c3)cc2c1. The first-order valence-corrected chi connectivity index (χ1v) is 10.6. The van der Waals surface area contributed by atoms with Crippen LogP contribution in [0, 0.1) is 16.7 Å². The topological polar surface area (TPSA) is 142 Å². The average Bonchev–Trinajstić information content (AvgIpc) is 3.21. The normalized spacial score (nSPS) is 17.2. The van der Waals surface area contributed by atoms with Gasteiger partial charge in [0.1, 0.15) is 17.2 Å². The third-order valence-corrected chi connectivity index (χ3v) is 5.83. The number of aromatic amines is 1. The van der Waals surface area contributed by atoms with E-state index < -0.39 is 11.8 Å². The van der Waals surface area contributed by atoms with Gasteiger partial charge in [0, 0.05) is 47.6 Å². The number of nitrogens with zero attached hydrogens (tertiary/aromatic N) is 3. The molecule has 166 valence electrons. The molecule has 9 heteroatoms. The Morgan fingerprint density at radius 1 is 1.31 bits per heavy atom. The van der Waals surface area contributed by atoms with Crippen LogP contribution in [0.25, 0.3) is 22.3 Å². The van der Waals surface area contributed by atoms with Gasteiger partial charge >= 0.3 is 0 Å². The van der Waals surface area contributed by atoms with Crippen LogP contribution in [0.1, 0.15) is 26.7 Å². The predicted molar refractivity (Wildman–Crippen MR) is 126 cm³/mol. The number of aromatic nitrogens is 3. The summed E-state index contributed by atoms with van der Waals surface area (Å²) in [7, 11) is 0. The summed E-state index contributed by atoms with van der Waals surface area (Å²) in [4.78, 5) is 26.6. The number of β-amino-alcohol motifs (C(OH)–C–C–N with tert-alkyl or cyclic N) is 1. The van der Waals surface area contributed by atoms with Crippen molar-refractivity contribution < 1.29 is 9.90 Å². The number of aliphatic hydroxyl groups is 1. The van der Waals surface area contributed by atoms with Crippen LogP contribution in [0.15, 0.2) is 36.7 Å². The second kappa shape index (κ2) is 8.88. The van der Waals surface area contributed by atoms with Gasteiger partial charge in [0.2, 0.25) is 0 Å². The van der Waals surface area contributed by atoms with Crippen LogP contribution < -0.4 is 10.2 Å². The lowest BCUT2D eigenvalue weighted by Gasteiger charge is -2.31. The van der Waals surface area contributed by atoms with Gasteiger partial charge in [-0.25, -0.2) is 9.97 Å². The van der Waals surface area contributed by atoms with Crippen molar-refractivity contribution in [2.75, 3.05) is 23.3 Å². The number of fused-ring (bicyclic) bond motifs is 1. The minimum atomic E-state index is -0.538. The van der Waals surface area contributed by atoms with Gasteiger partial charge in [-0.15, -0.1) is 0 Å². The van der Waals surface area contributed by atoms with Gasteiger partial charge in [0.15, 0.2) is 0 Å². The van der Waals surface area contributed by atoms with Gasteiger partial charge in [-0.3, -0.25) is 10.2 Å². The molecule has 0 bridgehead atoms. The summed E-state index contributed by atoms with van der Waals surface area (Å²) in [5, 5.41) is 29.1. The number of piperidine rings is 1. The molecule has 9 nitrogen and oxygen atoms in total. The highest BCUT2D eigenvalue weighted by Crippen LogP contribution is 2.28. The molecule has 0 spiro atoms. The van der Waals surface area contributed by atoms with Crippen molar-refractivity contribution in [1.29, 1.82) is 10.8 Å². The zero-order valence-corrected chi connectivity index (χ0v) is 18.1. The number of anilines is 2. The number of pyridine rings is 2. The lowest BCUT2D eigenvalue weighted by atomic mass is 10.0. The average molecular weight is 434 g/mol. The maximum Gasteiger partial charge on any atom is 0.270 e. The quantitative estimate of drug-likeness (QED) is 0.379. The Morgan fingerprint density at radius 3 is 2.88 bits per heavy atom. The fourth-order valence-electron chi connectivity index (χ4n) is 3.77. The summed E-state index contributed by atoms with van der Waals surface area (Å²) in [6.07, 6.45) is 4.74. The smallest absolute Gasteiger partial charge is 0.270 e. The molecule has 2 atom stereocenters. The molecule has 3 aromatic rings. The van der Waals surface area contributed by atoms with E-state index >= 15 is 0 Å². The second-order valence-corrected chi connectivity index (χ2v) is 8.26. The van der Waals surface area contributed by atoms with Crippen molar-refractivity contribution in [2.24, 2.45) is 5.92 Å². The maximum atomic E-state index is 12.3. The van der Waals surface area contributed by atoms with Crippen LogP contribution >= 0.6 is 0 Å².